The fourth-order valence-electron chi connectivity index (χ4n) is 3.69. The lowest BCUT2D eigenvalue weighted by Crippen LogP contribution is -2.55. The first-order chi connectivity index (χ1) is 15.4. The Morgan fingerprint density at radius 1 is 1.00 bits per heavy atom. The minimum absolute atomic E-state index is 0.0609. The van der Waals surface area contributed by atoms with Crippen LogP contribution in [-0.4, -0.2) is 66.3 Å². The van der Waals surface area contributed by atoms with Gasteiger partial charge in [0.2, 0.25) is 11.8 Å². The molecule has 2 N–H and O–H groups in total. The summed E-state index contributed by atoms with van der Waals surface area (Å²) in [6.45, 7) is 6.25. The van der Waals surface area contributed by atoms with E-state index < -0.39 is 6.04 Å². The second-order valence-electron chi connectivity index (χ2n) is 7.86. The fourth-order valence-corrected chi connectivity index (χ4v) is 3.81. The molecule has 3 amide bonds. The first-order valence-electron chi connectivity index (χ1n) is 10.8. The highest BCUT2D eigenvalue weighted by Crippen LogP contribution is 2.15. The molecule has 0 saturated carbocycles. The van der Waals surface area contributed by atoms with Crippen molar-refractivity contribution in [3.63, 3.8) is 0 Å². The fraction of sp³-hybridized carbons (Fsp3) is 0.375. The monoisotopic (exact) mass is 456 g/mol. The average molecular weight is 457 g/mol. The van der Waals surface area contributed by atoms with Crippen molar-refractivity contribution in [3.8, 4) is 0 Å². The molecule has 0 spiro atoms. The Bertz CT molecular complexity index is 956. The normalized spacial score (nSPS) is 15.2. The van der Waals surface area contributed by atoms with E-state index in [4.69, 9.17) is 11.6 Å². The molecule has 2 aromatic rings. The van der Waals surface area contributed by atoms with Crippen LogP contribution in [0.1, 0.15) is 29.8 Å². The number of hydrogen-bond donors (Lipinski definition) is 2. The molecule has 7 nitrogen and oxygen atoms in total. The van der Waals surface area contributed by atoms with Crippen LogP contribution in [0.5, 0.6) is 0 Å². The molecule has 3 rings (SSSR count). The van der Waals surface area contributed by atoms with Crippen molar-refractivity contribution in [3.05, 3.63) is 64.7 Å². The van der Waals surface area contributed by atoms with Crippen LogP contribution in [0.25, 0.3) is 0 Å². The molecule has 1 aliphatic rings. The Morgan fingerprint density at radius 2 is 1.66 bits per heavy atom. The van der Waals surface area contributed by atoms with Gasteiger partial charge in [-0.15, -0.1) is 0 Å². The van der Waals surface area contributed by atoms with E-state index in [1.54, 1.807) is 36.1 Å². The van der Waals surface area contributed by atoms with E-state index in [0.717, 1.165) is 17.7 Å². The summed E-state index contributed by atoms with van der Waals surface area (Å²) in [5, 5.41) is 6.28. The SMILES string of the molecule is CCc1ccccc1NC(=O)CN1CCN(C(=O)[C@@H](C)NC(=O)c2ccc(Cl)cc2)CC1. The third-order valence-corrected chi connectivity index (χ3v) is 5.80. The number of piperazine rings is 1. The molecular weight excluding hydrogens is 428 g/mol. The van der Waals surface area contributed by atoms with Crippen molar-refractivity contribution in [1.29, 1.82) is 0 Å². The molecule has 32 heavy (non-hydrogen) atoms. The van der Waals surface area contributed by atoms with Gasteiger partial charge in [0.25, 0.3) is 5.91 Å². The van der Waals surface area contributed by atoms with Gasteiger partial charge in [-0.05, 0) is 49.2 Å². The molecule has 0 aromatic heterocycles. The van der Waals surface area contributed by atoms with Gasteiger partial charge in [0.15, 0.2) is 0 Å². The number of halogens is 1. The number of nitrogens with zero attached hydrogens (tertiary/aromatic N) is 2. The molecule has 0 aliphatic carbocycles. The van der Waals surface area contributed by atoms with Gasteiger partial charge in [-0.3, -0.25) is 19.3 Å². The molecule has 0 unspecified atom stereocenters. The summed E-state index contributed by atoms with van der Waals surface area (Å²) >= 11 is 5.85. The second kappa shape index (κ2) is 11.1. The summed E-state index contributed by atoms with van der Waals surface area (Å²) < 4.78 is 0. The molecule has 2 aromatic carbocycles. The van der Waals surface area contributed by atoms with Gasteiger partial charge in [-0.25, -0.2) is 0 Å². The van der Waals surface area contributed by atoms with Gasteiger partial charge in [-0.1, -0.05) is 36.7 Å². The van der Waals surface area contributed by atoms with E-state index in [2.05, 4.69) is 17.6 Å². The Labute approximate surface area is 193 Å². The third-order valence-electron chi connectivity index (χ3n) is 5.55. The van der Waals surface area contributed by atoms with Gasteiger partial charge >= 0.3 is 0 Å². The van der Waals surface area contributed by atoms with E-state index >= 15 is 0 Å². The Hall–Kier alpha value is -2.90. The van der Waals surface area contributed by atoms with Crippen LogP contribution < -0.4 is 10.6 Å². The summed E-state index contributed by atoms with van der Waals surface area (Å²) in [6, 6.07) is 13.7. The first-order valence-corrected chi connectivity index (χ1v) is 11.2. The summed E-state index contributed by atoms with van der Waals surface area (Å²) in [4.78, 5) is 41.3. The average Bonchev–Trinajstić information content (AvgIpc) is 2.79. The van der Waals surface area contributed by atoms with Gasteiger partial charge in [-0.2, -0.15) is 0 Å². The maximum Gasteiger partial charge on any atom is 0.251 e. The quantitative estimate of drug-likeness (QED) is 0.671. The molecular formula is C24H29ClN4O3. The minimum Gasteiger partial charge on any atom is -0.341 e. The molecule has 1 fully saturated rings. The van der Waals surface area contributed by atoms with Crippen molar-refractivity contribution >= 4 is 35.0 Å². The number of rotatable bonds is 7. The summed E-state index contributed by atoms with van der Waals surface area (Å²) in [5.41, 5.74) is 2.40. The Morgan fingerprint density at radius 3 is 2.31 bits per heavy atom. The molecule has 1 aliphatic heterocycles. The maximum atomic E-state index is 12.8. The highest BCUT2D eigenvalue weighted by Gasteiger charge is 2.27. The molecule has 1 heterocycles. The summed E-state index contributed by atoms with van der Waals surface area (Å²) in [7, 11) is 0. The largest absolute Gasteiger partial charge is 0.341 e. The number of aryl methyl sites for hydroxylation is 1. The maximum absolute atomic E-state index is 12.8. The smallest absolute Gasteiger partial charge is 0.251 e. The highest BCUT2D eigenvalue weighted by molar-refractivity contribution is 6.30. The molecule has 1 saturated heterocycles. The predicted molar refractivity (Wildman–Crippen MR) is 126 cm³/mol. The Kier molecular flexibility index (Phi) is 8.25. The zero-order valence-corrected chi connectivity index (χ0v) is 19.2. The molecule has 8 heteroatoms. The van der Waals surface area contributed by atoms with Crippen LogP contribution in [0, 0.1) is 0 Å². The standard InChI is InChI=1S/C24H29ClN4O3/c1-3-18-6-4-5-7-21(18)27-22(30)16-28-12-14-29(15-13-28)24(32)17(2)26-23(31)19-8-10-20(25)11-9-19/h4-11,17H,3,12-16H2,1-2H3,(H,26,31)(H,27,30)/t17-/m1/s1. The van der Waals surface area contributed by atoms with Crippen LogP contribution in [-0.2, 0) is 16.0 Å². The first kappa shape index (κ1) is 23.8. The van der Waals surface area contributed by atoms with Gasteiger partial charge in [0.05, 0.1) is 6.54 Å². The van der Waals surface area contributed by atoms with E-state index in [9.17, 15) is 14.4 Å². The van der Waals surface area contributed by atoms with Crippen LogP contribution in [0.3, 0.4) is 0 Å². The zero-order chi connectivity index (χ0) is 23.1. The van der Waals surface area contributed by atoms with E-state index in [0.29, 0.717) is 36.8 Å². The molecule has 0 bridgehead atoms. The van der Waals surface area contributed by atoms with Crippen LogP contribution in [0.4, 0.5) is 5.69 Å². The number of para-hydroxylation sites is 1. The van der Waals surface area contributed by atoms with Crippen molar-refractivity contribution in [2.75, 3.05) is 38.0 Å². The number of carbonyl (C=O) groups excluding carboxylic acids is 3. The minimum atomic E-state index is -0.640. The lowest BCUT2D eigenvalue weighted by Gasteiger charge is -2.35. The number of hydrogen-bond acceptors (Lipinski definition) is 4. The van der Waals surface area contributed by atoms with Gasteiger partial charge in [0.1, 0.15) is 6.04 Å². The van der Waals surface area contributed by atoms with Gasteiger partial charge in [0, 0.05) is 42.5 Å². The summed E-state index contributed by atoms with van der Waals surface area (Å²) in [6.07, 6.45) is 0.851. The number of benzene rings is 2. The second-order valence-corrected chi connectivity index (χ2v) is 8.30. The predicted octanol–water partition coefficient (Wildman–Crippen LogP) is 2.80. The van der Waals surface area contributed by atoms with Crippen molar-refractivity contribution < 1.29 is 14.4 Å². The van der Waals surface area contributed by atoms with Crippen molar-refractivity contribution in [2.45, 2.75) is 26.3 Å². The van der Waals surface area contributed by atoms with E-state index in [-0.39, 0.29) is 24.3 Å². The molecule has 1 atom stereocenters. The Balaban J connectivity index is 1.45. The molecule has 170 valence electrons. The number of anilines is 1. The van der Waals surface area contributed by atoms with Crippen LogP contribution >= 0.6 is 11.6 Å². The number of nitrogens with one attached hydrogen (secondary N) is 2. The topological polar surface area (TPSA) is 81.8 Å². The lowest BCUT2D eigenvalue weighted by atomic mass is 10.1. The summed E-state index contributed by atoms with van der Waals surface area (Å²) in [5.74, 6) is -0.507. The number of carbonyl (C=O) groups is 3. The third kappa shape index (κ3) is 6.31. The lowest BCUT2D eigenvalue weighted by molar-refractivity contribution is -0.134. The van der Waals surface area contributed by atoms with Crippen molar-refractivity contribution in [2.24, 2.45) is 0 Å². The van der Waals surface area contributed by atoms with Crippen molar-refractivity contribution in [1.82, 2.24) is 15.1 Å². The zero-order valence-electron chi connectivity index (χ0n) is 18.4. The van der Waals surface area contributed by atoms with Crippen LogP contribution in [0.15, 0.2) is 48.5 Å². The van der Waals surface area contributed by atoms with Crippen LogP contribution in [0.2, 0.25) is 5.02 Å². The van der Waals surface area contributed by atoms with E-state index in [1.165, 1.54) is 0 Å². The van der Waals surface area contributed by atoms with E-state index in [1.807, 2.05) is 29.2 Å². The molecule has 0 radical (unpaired) electrons. The highest BCUT2D eigenvalue weighted by atomic mass is 35.5. The van der Waals surface area contributed by atoms with Gasteiger partial charge < -0.3 is 15.5 Å². The number of amides is 3.